The number of halogens is 1. The maximum absolute atomic E-state index is 10.5. The molecule has 0 radical (unpaired) electrons. The first kappa shape index (κ1) is 17.4. The van der Waals surface area contributed by atoms with Crippen LogP contribution in [-0.4, -0.2) is 26.6 Å². The number of hydrogen-bond donors (Lipinski definition) is 2. The minimum Gasteiger partial charge on any atom is -0.387 e. The monoisotopic (exact) mass is 376 g/mol. The summed E-state index contributed by atoms with van der Waals surface area (Å²) in [5.41, 5.74) is 2.51. The van der Waals surface area contributed by atoms with Gasteiger partial charge in [0.05, 0.1) is 11.6 Å². The smallest absolute Gasteiger partial charge is 0.162 e. The number of nitrogens with zero attached hydrogens (tertiary/aromatic N) is 3. The largest absolute Gasteiger partial charge is 0.387 e. The van der Waals surface area contributed by atoms with Crippen molar-refractivity contribution in [2.75, 3.05) is 11.9 Å². The van der Waals surface area contributed by atoms with E-state index in [1.165, 1.54) is 0 Å². The van der Waals surface area contributed by atoms with Gasteiger partial charge in [-0.05, 0) is 42.0 Å². The van der Waals surface area contributed by atoms with E-state index in [2.05, 4.69) is 20.3 Å². The Balaban J connectivity index is 1.65. The third-order valence-corrected chi connectivity index (χ3v) is 4.51. The van der Waals surface area contributed by atoms with Crippen LogP contribution in [0, 0.1) is 0 Å². The van der Waals surface area contributed by atoms with Gasteiger partial charge in [-0.15, -0.1) is 0 Å². The molecule has 0 aliphatic carbocycles. The molecule has 1 atom stereocenters. The SMILES string of the molecule is O[C@@H](CNc1nc(-c2ccncc2)nc2ccccc12)c1ccc(Cl)cc1. The normalized spacial score (nSPS) is 12.1. The molecule has 0 aliphatic heterocycles. The topological polar surface area (TPSA) is 70.9 Å². The maximum Gasteiger partial charge on any atom is 0.162 e. The van der Waals surface area contributed by atoms with E-state index in [4.69, 9.17) is 11.6 Å². The van der Waals surface area contributed by atoms with Gasteiger partial charge in [0.1, 0.15) is 5.82 Å². The molecule has 0 amide bonds. The van der Waals surface area contributed by atoms with Crippen molar-refractivity contribution in [2.45, 2.75) is 6.10 Å². The fraction of sp³-hybridized carbons (Fsp3) is 0.0952. The second kappa shape index (κ2) is 7.70. The third-order valence-electron chi connectivity index (χ3n) is 4.26. The molecule has 0 aliphatic rings. The summed E-state index contributed by atoms with van der Waals surface area (Å²) in [5, 5.41) is 15.3. The molecule has 2 aromatic carbocycles. The van der Waals surface area contributed by atoms with Gasteiger partial charge in [0.25, 0.3) is 0 Å². The van der Waals surface area contributed by atoms with Crippen LogP contribution in [0.1, 0.15) is 11.7 Å². The molecule has 6 heteroatoms. The standard InChI is InChI=1S/C21H17ClN4O/c22-16-7-5-14(6-8-16)19(27)13-24-21-17-3-1-2-4-18(17)25-20(26-21)15-9-11-23-12-10-15/h1-12,19,27H,13H2,(H,24,25,26)/t19-/m0/s1. The second-order valence-corrected chi connectivity index (χ2v) is 6.53. The van der Waals surface area contributed by atoms with Crippen molar-refractivity contribution >= 4 is 28.3 Å². The van der Waals surface area contributed by atoms with E-state index < -0.39 is 6.10 Å². The molecule has 27 heavy (non-hydrogen) atoms. The van der Waals surface area contributed by atoms with Crippen LogP contribution in [0.5, 0.6) is 0 Å². The summed E-state index contributed by atoms with van der Waals surface area (Å²) in [6, 6.07) is 18.7. The second-order valence-electron chi connectivity index (χ2n) is 6.10. The lowest BCUT2D eigenvalue weighted by atomic mass is 10.1. The fourth-order valence-electron chi connectivity index (χ4n) is 2.84. The van der Waals surface area contributed by atoms with Gasteiger partial charge in [-0.3, -0.25) is 4.98 Å². The van der Waals surface area contributed by atoms with Gasteiger partial charge in [0, 0.05) is 34.9 Å². The van der Waals surface area contributed by atoms with Gasteiger partial charge in [0.15, 0.2) is 5.82 Å². The summed E-state index contributed by atoms with van der Waals surface area (Å²) < 4.78 is 0. The van der Waals surface area contributed by atoms with E-state index in [0.29, 0.717) is 23.2 Å². The maximum atomic E-state index is 10.5. The van der Waals surface area contributed by atoms with Crippen LogP contribution in [0.3, 0.4) is 0 Å². The number of para-hydroxylation sites is 1. The highest BCUT2D eigenvalue weighted by Crippen LogP contribution is 2.25. The first-order valence-corrected chi connectivity index (χ1v) is 8.93. The fourth-order valence-corrected chi connectivity index (χ4v) is 2.96. The average molecular weight is 377 g/mol. The highest BCUT2D eigenvalue weighted by molar-refractivity contribution is 6.30. The average Bonchev–Trinajstić information content (AvgIpc) is 2.72. The molecule has 5 nitrogen and oxygen atoms in total. The minimum absolute atomic E-state index is 0.318. The van der Waals surface area contributed by atoms with Crippen molar-refractivity contribution in [2.24, 2.45) is 0 Å². The Labute approximate surface area is 161 Å². The minimum atomic E-state index is -0.680. The lowest BCUT2D eigenvalue weighted by Crippen LogP contribution is -2.13. The summed E-state index contributed by atoms with van der Waals surface area (Å²) in [6.45, 7) is 0.318. The summed E-state index contributed by atoms with van der Waals surface area (Å²) >= 11 is 5.91. The first-order valence-electron chi connectivity index (χ1n) is 8.55. The molecule has 4 rings (SSSR count). The van der Waals surface area contributed by atoms with Crippen molar-refractivity contribution in [1.82, 2.24) is 15.0 Å². The zero-order valence-electron chi connectivity index (χ0n) is 14.4. The lowest BCUT2D eigenvalue weighted by molar-refractivity contribution is 0.191. The Hall–Kier alpha value is -3.02. The highest BCUT2D eigenvalue weighted by atomic mass is 35.5. The van der Waals surface area contributed by atoms with Crippen LogP contribution < -0.4 is 5.32 Å². The molecular weight excluding hydrogens is 360 g/mol. The molecular formula is C21H17ClN4O. The van der Waals surface area contributed by atoms with Crippen molar-refractivity contribution in [3.8, 4) is 11.4 Å². The molecule has 4 aromatic rings. The summed E-state index contributed by atoms with van der Waals surface area (Å²) in [4.78, 5) is 13.4. The molecule has 0 bridgehead atoms. The molecule has 0 saturated heterocycles. The van der Waals surface area contributed by atoms with E-state index in [9.17, 15) is 5.11 Å². The Kier molecular flexibility index (Phi) is 4.96. The molecule has 2 N–H and O–H groups in total. The lowest BCUT2D eigenvalue weighted by Gasteiger charge is -2.15. The summed E-state index contributed by atoms with van der Waals surface area (Å²) in [5.74, 6) is 1.29. The van der Waals surface area contributed by atoms with Crippen molar-refractivity contribution in [1.29, 1.82) is 0 Å². The van der Waals surface area contributed by atoms with E-state index in [-0.39, 0.29) is 0 Å². The number of rotatable bonds is 5. The molecule has 0 spiro atoms. The number of aliphatic hydroxyl groups excluding tert-OH is 1. The Morgan fingerprint density at radius 3 is 2.44 bits per heavy atom. The molecule has 0 fully saturated rings. The Bertz CT molecular complexity index is 1050. The van der Waals surface area contributed by atoms with Gasteiger partial charge in [-0.2, -0.15) is 0 Å². The Morgan fingerprint density at radius 1 is 0.926 bits per heavy atom. The van der Waals surface area contributed by atoms with Crippen molar-refractivity contribution < 1.29 is 5.11 Å². The first-order chi connectivity index (χ1) is 13.2. The van der Waals surface area contributed by atoms with E-state index in [0.717, 1.165) is 22.0 Å². The van der Waals surface area contributed by atoms with E-state index >= 15 is 0 Å². The van der Waals surface area contributed by atoms with Crippen LogP contribution in [0.4, 0.5) is 5.82 Å². The molecule has 2 heterocycles. The summed E-state index contributed by atoms with van der Waals surface area (Å²) in [6.07, 6.45) is 2.75. The van der Waals surface area contributed by atoms with Gasteiger partial charge in [-0.25, -0.2) is 9.97 Å². The van der Waals surface area contributed by atoms with Crippen molar-refractivity contribution in [3.05, 3.63) is 83.6 Å². The number of fused-ring (bicyclic) bond motifs is 1. The van der Waals surface area contributed by atoms with Crippen LogP contribution in [-0.2, 0) is 0 Å². The van der Waals surface area contributed by atoms with Crippen LogP contribution in [0.15, 0.2) is 73.1 Å². The number of aromatic nitrogens is 3. The predicted molar refractivity (Wildman–Crippen MR) is 108 cm³/mol. The Morgan fingerprint density at radius 2 is 1.67 bits per heavy atom. The van der Waals surface area contributed by atoms with Gasteiger partial charge >= 0.3 is 0 Å². The van der Waals surface area contributed by atoms with Crippen LogP contribution in [0.2, 0.25) is 5.02 Å². The van der Waals surface area contributed by atoms with Gasteiger partial charge in [-0.1, -0.05) is 35.9 Å². The number of hydrogen-bond acceptors (Lipinski definition) is 5. The molecule has 2 aromatic heterocycles. The summed E-state index contributed by atoms with van der Waals surface area (Å²) in [7, 11) is 0. The van der Waals surface area contributed by atoms with Gasteiger partial charge in [0.2, 0.25) is 0 Å². The van der Waals surface area contributed by atoms with Crippen LogP contribution in [0.25, 0.3) is 22.3 Å². The quantitative estimate of drug-likeness (QED) is 0.537. The van der Waals surface area contributed by atoms with Crippen molar-refractivity contribution in [3.63, 3.8) is 0 Å². The number of benzene rings is 2. The van der Waals surface area contributed by atoms with E-state index in [1.54, 1.807) is 24.5 Å². The highest BCUT2D eigenvalue weighted by Gasteiger charge is 2.12. The third kappa shape index (κ3) is 3.89. The van der Waals surface area contributed by atoms with E-state index in [1.807, 2.05) is 48.5 Å². The predicted octanol–water partition coefficient (Wildman–Crippen LogP) is 4.49. The number of nitrogens with one attached hydrogen (secondary N) is 1. The zero-order valence-corrected chi connectivity index (χ0v) is 15.1. The molecule has 134 valence electrons. The van der Waals surface area contributed by atoms with Gasteiger partial charge < -0.3 is 10.4 Å². The molecule has 0 unspecified atom stereocenters. The number of pyridine rings is 1. The number of aliphatic hydroxyl groups is 1. The molecule has 0 saturated carbocycles. The zero-order chi connectivity index (χ0) is 18.6. The van der Waals surface area contributed by atoms with Crippen LogP contribution >= 0.6 is 11.6 Å². The number of anilines is 1.